The minimum Gasteiger partial charge on any atom is -0.460 e. The number of aliphatic hydroxyl groups excluding tert-OH is 5. The molecule has 0 aromatic rings. The fraction of sp³-hybridized carbons (Fsp3) is 0.852. The van der Waals surface area contributed by atoms with Gasteiger partial charge in [-0.2, -0.15) is 0 Å². The van der Waals surface area contributed by atoms with Gasteiger partial charge in [0.25, 0.3) is 0 Å². The molecule has 1 aliphatic rings. The van der Waals surface area contributed by atoms with E-state index in [-0.39, 0.29) is 38.2 Å². The maximum Gasteiger partial charge on any atom is 0.337 e. The predicted octanol–water partition coefficient (Wildman–Crippen LogP) is 0.521. The lowest BCUT2D eigenvalue weighted by Crippen LogP contribution is -2.51. The zero-order valence-electron chi connectivity index (χ0n) is 23.7. The quantitative estimate of drug-likeness (QED) is 0.127. The summed E-state index contributed by atoms with van der Waals surface area (Å²) < 4.78 is 21.2. The summed E-state index contributed by atoms with van der Waals surface area (Å²) in [6.45, 7) is 6.70. The molecule has 0 bridgehead atoms. The number of carbonyl (C=O) groups excluding carboxylic acids is 2. The molecule has 38 heavy (non-hydrogen) atoms. The van der Waals surface area contributed by atoms with Gasteiger partial charge in [-0.05, 0) is 18.9 Å². The number of aliphatic hydroxyl groups is 5. The molecular formula is C27H48O11. The summed E-state index contributed by atoms with van der Waals surface area (Å²) in [5, 5.41) is 51.7. The smallest absolute Gasteiger partial charge is 0.337 e. The minimum absolute atomic E-state index is 0.0149. The summed E-state index contributed by atoms with van der Waals surface area (Å²) in [4.78, 5) is 25.2. The van der Waals surface area contributed by atoms with Crippen LogP contribution in [0.3, 0.4) is 0 Å². The van der Waals surface area contributed by atoms with E-state index in [9.17, 15) is 35.1 Å². The van der Waals surface area contributed by atoms with Crippen LogP contribution in [-0.2, 0) is 28.5 Å². The number of carbonyl (C=O) groups is 2. The fourth-order valence-electron chi connectivity index (χ4n) is 4.57. The van der Waals surface area contributed by atoms with Crippen molar-refractivity contribution in [3.05, 3.63) is 11.6 Å². The zero-order valence-corrected chi connectivity index (χ0v) is 23.7. The van der Waals surface area contributed by atoms with E-state index in [4.69, 9.17) is 18.9 Å². The van der Waals surface area contributed by atoms with Crippen LogP contribution in [-0.4, -0.2) is 114 Å². The first kappa shape index (κ1) is 34.6. The Kier molecular flexibility index (Phi) is 14.5. The Morgan fingerprint density at radius 2 is 1.79 bits per heavy atom. The van der Waals surface area contributed by atoms with Gasteiger partial charge in [-0.15, -0.1) is 0 Å². The summed E-state index contributed by atoms with van der Waals surface area (Å²) in [5.41, 5.74) is -0.718. The first-order chi connectivity index (χ1) is 17.8. The highest BCUT2D eigenvalue weighted by atomic mass is 16.6. The lowest BCUT2D eigenvalue weighted by atomic mass is 9.76. The molecule has 11 nitrogen and oxygen atoms in total. The first-order valence-electron chi connectivity index (χ1n) is 13.1. The van der Waals surface area contributed by atoms with Gasteiger partial charge >= 0.3 is 5.97 Å². The number of ether oxygens (including phenoxy) is 4. The van der Waals surface area contributed by atoms with E-state index in [0.717, 1.165) is 6.42 Å². The number of cyclic esters (lactones) is 1. The van der Waals surface area contributed by atoms with Gasteiger partial charge in [-0.25, -0.2) is 4.79 Å². The second-order valence-corrected chi connectivity index (χ2v) is 10.7. The number of hydrogen-bond donors (Lipinski definition) is 5. The summed E-state index contributed by atoms with van der Waals surface area (Å²) in [7, 11) is 4.13. The molecule has 5 N–H and O–H groups in total. The molecule has 9 atom stereocenters. The van der Waals surface area contributed by atoms with E-state index >= 15 is 0 Å². The van der Waals surface area contributed by atoms with Crippen molar-refractivity contribution in [2.45, 2.75) is 109 Å². The zero-order chi connectivity index (χ0) is 29.2. The number of Topliss-reactive ketones (excluding diaryl/α,β-unsaturated/α-hetero) is 1. The van der Waals surface area contributed by atoms with Crippen LogP contribution in [0.25, 0.3) is 0 Å². The first-order valence-corrected chi connectivity index (χ1v) is 13.1. The Balaban J connectivity index is 2.86. The third-order valence-electron chi connectivity index (χ3n) is 7.65. The summed E-state index contributed by atoms with van der Waals surface area (Å²) in [6, 6.07) is 0. The van der Waals surface area contributed by atoms with Gasteiger partial charge in [-0.3, -0.25) is 4.79 Å². The number of methoxy groups -OCH3 is 3. The second kappa shape index (κ2) is 16.0. The third-order valence-corrected chi connectivity index (χ3v) is 7.65. The molecule has 222 valence electrons. The molecule has 0 radical (unpaired) electrons. The van der Waals surface area contributed by atoms with E-state index < -0.39 is 66.0 Å². The Bertz CT molecular complexity index is 764. The van der Waals surface area contributed by atoms with Crippen molar-refractivity contribution in [1.29, 1.82) is 0 Å². The van der Waals surface area contributed by atoms with Gasteiger partial charge in [0.15, 0.2) is 11.9 Å². The fourth-order valence-corrected chi connectivity index (χ4v) is 4.57. The highest BCUT2D eigenvalue weighted by Gasteiger charge is 2.45. The van der Waals surface area contributed by atoms with Crippen LogP contribution in [0.2, 0.25) is 0 Å². The minimum atomic E-state index is -1.63. The highest BCUT2D eigenvalue weighted by molar-refractivity contribution is 5.89. The number of rotatable bonds is 17. The van der Waals surface area contributed by atoms with E-state index in [1.807, 2.05) is 13.0 Å². The SMILES string of the molecule is CC[C@H](/C=C(\C)[C@@H](O)C[C@H](C[C@H](O)C(C)(C)C(=O)[C@H](O)[C@@H](C[C@@H]1C[C@@H](OC)[C@H](O)C(=O)O1)OC)OC)CO. The highest BCUT2D eigenvalue weighted by Crippen LogP contribution is 2.31. The third kappa shape index (κ3) is 9.34. The van der Waals surface area contributed by atoms with Gasteiger partial charge in [0.2, 0.25) is 0 Å². The van der Waals surface area contributed by atoms with Gasteiger partial charge in [0.05, 0.1) is 35.9 Å². The molecule has 0 amide bonds. The molecule has 11 heteroatoms. The monoisotopic (exact) mass is 548 g/mol. The Morgan fingerprint density at radius 3 is 2.29 bits per heavy atom. The van der Waals surface area contributed by atoms with Crippen molar-refractivity contribution >= 4 is 11.8 Å². The van der Waals surface area contributed by atoms with E-state index in [2.05, 4.69) is 0 Å². The average Bonchev–Trinajstić information content (AvgIpc) is 2.90. The Hall–Kier alpha value is -1.44. The standard InChI is InChI=1S/C27H48O11/c1-8-16(14-28)9-15(2)19(29)10-17(35-5)13-22(30)27(3,4)25(33)23(31)20(36-6)11-18-12-21(37-7)24(32)26(34)38-18/h9,16-24,28-32H,8,10-14H2,1-7H3/b15-9+/t16-,17-,18-,19+,20-,21-,22+,23-,24+/m1/s1. The molecule has 0 spiro atoms. The van der Waals surface area contributed by atoms with Crippen LogP contribution >= 0.6 is 0 Å². The number of esters is 1. The largest absolute Gasteiger partial charge is 0.460 e. The maximum atomic E-state index is 13.3. The molecule has 1 fully saturated rings. The van der Waals surface area contributed by atoms with Crippen LogP contribution in [0.4, 0.5) is 0 Å². The van der Waals surface area contributed by atoms with Crippen molar-refractivity contribution in [1.82, 2.24) is 0 Å². The molecule has 1 aliphatic heterocycles. The normalized spacial score (nSPS) is 25.7. The molecule has 1 saturated heterocycles. The molecule has 0 unspecified atom stereocenters. The van der Waals surface area contributed by atoms with Gasteiger partial charge in [-0.1, -0.05) is 26.8 Å². The average molecular weight is 549 g/mol. The molecule has 1 rings (SSSR count). The van der Waals surface area contributed by atoms with Crippen molar-refractivity contribution in [2.75, 3.05) is 27.9 Å². The van der Waals surface area contributed by atoms with E-state index in [0.29, 0.717) is 5.57 Å². The van der Waals surface area contributed by atoms with Crippen LogP contribution in [0, 0.1) is 11.3 Å². The summed E-state index contributed by atoms with van der Waals surface area (Å²) >= 11 is 0. The van der Waals surface area contributed by atoms with Crippen molar-refractivity contribution < 1.29 is 54.1 Å². The topological polar surface area (TPSA) is 172 Å². The van der Waals surface area contributed by atoms with Crippen molar-refractivity contribution in [3.63, 3.8) is 0 Å². The molecule has 0 aromatic heterocycles. The Morgan fingerprint density at radius 1 is 1.16 bits per heavy atom. The van der Waals surface area contributed by atoms with Crippen molar-refractivity contribution in [2.24, 2.45) is 11.3 Å². The predicted molar refractivity (Wildman–Crippen MR) is 138 cm³/mol. The lowest BCUT2D eigenvalue weighted by molar-refractivity contribution is -0.186. The second-order valence-electron chi connectivity index (χ2n) is 10.7. The number of ketones is 1. The van der Waals surface area contributed by atoms with Crippen LogP contribution in [0.5, 0.6) is 0 Å². The maximum absolute atomic E-state index is 13.3. The summed E-state index contributed by atoms with van der Waals surface area (Å²) in [5.74, 6) is -1.58. The van der Waals surface area contributed by atoms with E-state index in [1.54, 1.807) is 6.92 Å². The molecule has 0 aliphatic carbocycles. The molecule has 1 heterocycles. The lowest BCUT2D eigenvalue weighted by Gasteiger charge is -2.37. The van der Waals surface area contributed by atoms with Crippen LogP contribution < -0.4 is 0 Å². The van der Waals surface area contributed by atoms with Crippen LogP contribution in [0.15, 0.2) is 11.6 Å². The van der Waals surface area contributed by atoms with Gasteiger partial charge in [0.1, 0.15) is 12.2 Å². The molecule has 0 saturated carbocycles. The van der Waals surface area contributed by atoms with Gasteiger partial charge < -0.3 is 44.5 Å². The van der Waals surface area contributed by atoms with Crippen LogP contribution in [0.1, 0.15) is 59.8 Å². The van der Waals surface area contributed by atoms with Gasteiger partial charge in [0, 0.05) is 59.5 Å². The van der Waals surface area contributed by atoms with Crippen molar-refractivity contribution in [3.8, 4) is 0 Å². The number of hydrogen-bond acceptors (Lipinski definition) is 11. The Labute approximate surface area is 225 Å². The molecule has 0 aromatic carbocycles. The molecular weight excluding hydrogens is 500 g/mol. The van der Waals surface area contributed by atoms with E-state index in [1.165, 1.54) is 35.2 Å². The summed E-state index contributed by atoms with van der Waals surface area (Å²) in [6.07, 6.45) is -5.36.